The fourth-order valence-corrected chi connectivity index (χ4v) is 2.33. The summed E-state index contributed by atoms with van der Waals surface area (Å²) in [5.74, 6) is 0. The van der Waals surface area contributed by atoms with Crippen molar-refractivity contribution in [3.05, 3.63) is 10.7 Å². The highest BCUT2D eigenvalue weighted by Gasteiger charge is 2.33. The number of carbonyl (C=O) groups excluding carboxylic acids is 1. The number of halogens is 1. The van der Waals surface area contributed by atoms with Crippen LogP contribution in [0.5, 0.6) is 0 Å². The normalized spacial score (nSPS) is 21.8. The van der Waals surface area contributed by atoms with Crippen molar-refractivity contribution in [3.63, 3.8) is 0 Å². The lowest BCUT2D eigenvalue weighted by Crippen LogP contribution is -2.42. The molecule has 1 atom stereocenters. The molecule has 1 rings (SSSR count). The van der Waals surface area contributed by atoms with Gasteiger partial charge in [0, 0.05) is 12.3 Å². The number of nitrogens with zero attached hydrogens (tertiary/aromatic N) is 2. The molecule has 0 N–H and O–H groups in total. The van der Waals surface area contributed by atoms with Gasteiger partial charge in [0.15, 0.2) is 0 Å². The Kier molecular flexibility index (Phi) is 5.59. The molecule has 1 saturated heterocycles. The third kappa shape index (κ3) is 4.97. The van der Waals surface area contributed by atoms with E-state index in [1.807, 2.05) is 40.7 Å². The van der Waals surface area contributed by atoms with Gasteiger partial charge in [-0.15, -0.1) is 0 Å². The molecule has 108 valence electrons. The molecule has 0 aromatic rings. The second-order valence-electron chi connectivity index (χ2n) is 5.70. The molecule has 4 nitrogen and oxygen atoms in total. The summed E-state index contributed by atoms with van der Waals surface area (Å²) in [5.41, 5.74) is 0.479. The number of aliphatic imine (C=N–C) groups is 1. The molecule has 0 spiro atoms. The van der Waals surface area contributed by atoms with Crippen molar-refractivity contribution < 1.29 is 9.53 Å². The first-order valence-corrected chi connectivity index (χ1v) is 7.40. The first-order chi connectivity index (χ1) is 8.74. The SMILES string of the molecule is C/C=C(Br)\N=C(/C)[C@@H]1CCCN1C(=O)OC(C)(C)C. The summed E-state index contributed by atoms with van der Waals surface area (Å²) >= 11 is 3.37. The molecule has 19 heavy (non-hydrogen) atoms. The van der Waals surface area contributed by atoms with Crippen molar-refractivity contribution in [1.82, 2.24) is 4.90 Å². The maximum atomic E-state index is 12.2. The molecule has 1 amide bonds. The Morgan fingerprint density at radius 1 is 1.47 bits per heavy atom. The molecule has 5 heteroatoms. The van der Waals surface area contributed by atoms with E-state index in [0.29, 0.717) is 0 Å². The quantitative estimate of drug-likeness (QED) is 0.565. The maximum Gasteiger partial charge on any atom is 0.410 e. The lowest BCUT2D eigenvalue weighted by atomic mass is 10.1. The van der Waals surface area contributed by atoms with E-state index >= 15 is 0 Å². The van der Waals surface area contributed by atoms with Crippen molar-refractivity contribution in [1.29, 1.82) is 0 Å². The zero-order valence-electron chi connectivity index (χ0n) is 12.4. The highest BCUT2D eigenvalue weighted by Crippen LogP contribution is 2.23. The predicted octanol–water partition coefficient (Wildman–Crippen LogP) is 4.10. The minimum atomic E-state index is -0.459. The number of carbonyl (C=O) groups is 1. The van der Waals surface area contributed by atoms with Crippen LogP contribution in [0.1, 0.15) is 47.5 Å². The smallest absolute Gasteiger partial charge is 0.410 e. The van der Waals surface area contributed by atoms with Crippen LogP contribution in [0.15, 0.2) is 15.7 Å². The van der Waals surface area contributed by atoms with Crippen LogP contribution in [0.4, 0.5) is 4.79 Å². The molecule has 0 aromatic carbocycles. The Labute approximate surface area is 124 Å². The van der Waals surface area contributed by atoms with E-state index in [1.165, 1.54) is 0 Å². The van der Waals surface area contributed by atoms with E-state index in [9.17, 15) is 4.79 Å². The van der Waals surface area contributed by atoms with Gasteiger partial charge in [-0.05, 0) is 63.4 Å². The molecule has 1 fully saturated rings. The molecule has 0 saturated carbocycles. The van der Waals surface area contributed by atoms with E-state index in [4.69, 9.17) is 4.74 Å². The van der Waals surface area contributed by atoms with Gasteiger partial charge in [0.25, 0.3) is 0 Å². The molecule has 1 aliphatic heterocycles. The zero-order valence-corrected chi connectivity index (χ0v) is 14.0. The van der Waals surface area contributed by atoms with Crippen molar-refractivity contribution in [2.75, 3.05) is 6.54 Å². The van der Waals surface area contributed by atoms with Crippen molar-refractivity contribution in [2.24, 2.45) is 4.99 Å². The monoisotopic (exact) mass is 330 g/mol. The van der Waals surface area contributed by atoms with Crippen LogP contribution in [0.3, 0.4) is 0 Å². The Bertz CT molecular complexity index is 397. The van der Waals surface area contributed by atoms with Crippen LogP contribution in [-0.4, -0.2) is 34.9 Å². The summed E-state index contributed by atoms with van der Waals surface area (Å²) < 4.78 is 6.23. The third-order valence-corrected chi connectivity index (χ3v) is 3.52. The average Bonchev–Trinajstić information content (AvgIpc) is 2.75. The number of allylic oxidation sites excluding steroid dienone is 1. The molecule has 1 heterocycles. The van der Waals surface area contributed by atoms with Crippen LogP contribution >= 0.6 is 15.9 Å². The Balaban J connectivity index is 2.79. The van der Waals surface area contributed by atoms with E-state index in [1.54, 1.807) is 4.90 Å². The fourth-order valence-electron chi connectivity index (χ4n) is 2.05. The number of hydrogen-bond acceptors (Lipinski definition) is 3. The van der Waals surface area contributed by atoms with Gasteiger partial charge in [-0.1, -0.05) is 6.08 Å². The van der Waals surface area contributed by atoms with Gasteiger partial charge in [-0.3, -0.25) is 4.90 Å². The summed E-state index contributed by atoms with van der Waals surface area (Å²) in [7, 11) is 0. The second kappa shape index (κ2) is 6.55. The van der Waals surface area contributed by atoms with Crippen molar-refractivity contribution >= 4 is 27.7 Å². The lowest BCUT2D eigenvalue weighted by molar-refractivity contribution is 0.0265. The Morgan fingerprint density at radius 2 is 2.11 bits per heavy atom. The summed E-state index contributed by atoms with van der Waals surface area (Å²) in [5, 5.41) is 0. The Morgan fingerprint density at radius 3 is 2.63 bits per heavy atom. The molecule has 0 radical (unpaired) electrons. The van der Waals surface area contributed by atoms with Crippen molar-refractivity contribution in [3.8, 4) is 0 Å². The fraction of sp³-hybridized carbons (Fsp3) is 0.714. The highest BCUT2D eigenvalue weighted by atomic mass is 79.9. The number of hydrogen-bond donors (Lipinski definition) is 0. The van der Waals surface area contributed by atoms with E-state index in [-0.39, 0.29) is 12.1 Å². The topological polar surface area (TPSA) is 41.9 Å². The lowest BCUT2D eigenvalue weighted by Gasteiger charge is -2.28. The van der Waals surface area contributed by atoms with E-state index < -0.39 is 5.60 Å². The standard InChI is InChI=1S/C14H23BrN2O2/c1-6-12(15)16-10(2)11-8-7-9-17(11)13(18)19-14(3,4)5/h6,11H,7-9H2,1-5H3/b12-6-,16-10+/t11-/m0/s1. The molecular formula is C14H23BrN2O2. The van der Waals surface area contributed by atoms with Crippen LogP contribution in [-0.2, 0) is 4.74 Å². The number of likely N-dealkylation sites (tertiary alicyclic amines) is 1. The first-order valence-electron chi connectivity index (χ1n) is 6.61. The van der Waals surface area contributed by atoms with Crippen LogP contribution in [0.2, 0.25) is 0 Å². The molecule has 0 aromatic heterocycles. The van der Waals surface area contributed by atoms with Crippen LogP contribution in [0, 0.1) is 0 Å². The second-order valence-corrected chi connectivity index (χ2v) is 6.51. The van der Waals surface area contributed by atoms with Crippen LogP contribution < -0.4 is 0 Å². The maximum absolute atomic E-state index is 12.2. The first kappa shape index (κ1) is 16.2. The summed E-state index contributed by atoms with van der Waals surface area (Å²) in [6.07, 6.45) is 3.57. The van der Waals surface area contributed by atoms with Gasteiger partial charge in [-0.2, -0.15) is 0 Å². The average molecular weight is 331 g/mol. The van der Waals surface area contributed by atoms with Crippen LogP contribution in [0.25, 0.3) is 0 Å². The van der Waals surface area contributed by atoms with Gasteiger partial charge < -0.3 is 4.74 Å². The third-order valence-electron chi connectivity index (χ3n) is 2.88. The van der Waals surface area contributed by atoms with Gasteiger partial charge in [0.1, 0.15) is 10.2 Å². The van der Waals surface area contributed by atoms with Gasteiger partial charge in [0.05, 0.1) is 6.04 Å². The largest absolute Gasteiger partial charge is 0.444 e. The van der Waals surface area contributed by atoms with E-state index in [0.717, 1.165) is 29.7 Å². The summed E-state index contributed by atoms with van der Waals surface area (Å²) in [4.78, 5) is 18.4. The predicted molar refractivity (Wildman–Crippen MR) is 81.8 cm³/mol. The number of amides is 1. The van der Waals surface area contributed by atoms with Gasteiger partial charge in [0.2, 0.25) is 0 Å². The highest BCUT2D eigenvalue weighted by molar-refractivity contribution is 9.11. The number of ether oxygens (including phenoxy) is 1. The number of rotatable bonds is 2. The molecule has 1 aliphatic rings. The summed E-state index contributed by atoms with van der Waals surface area (Å²) in [6.45, 7) is 10.3. The molecule has 0 unspecified atom stereocenters. The minimum absolute atomic E-state index is 0.0438. The molecule has 0 aliphatic carbocycles. The minimum Gasteiger partial charge on any atom is -0.444 e. The Hall–Kier alpha value is -0.840. The van der Waals surface area contributed by atoms with Gasteiger partial charge >= 0.3 is 6.09 Å². The zero-order chi connectivity index (χ0) is 14.6. The summed E-state index contributed by atoms with van der Waals surface area (Å²) in [6, 6.07) is 0.0438. The van der Waals surface area contributed by atoms with Crippen molar-refractivity contribution in [2.45, 2.75) is 59.1 Å². The molecule has 0 bridgehead atoms. The van der Waals surface area contributed by atoms with E-state index in [2.05, 4.69) is 20.9 Å². The molecular weight excluding hydrogens is 308 g/mol. The van der Waals surface area contributed by atoms with Gasteiger partial charge in [-0.25, -0.2) is 9.79 Å².